The van der Waals surface area contributed by atoms with Crippen molar-refractivity contribution in [2.24, 2.45) is 11.7 Å². The standard InChI is InChI=1S/C11H15ClN2S/c1-7-3-4-9(5-10(7)12)14-6-8(2)11(13)15/h3-5,8,14H,6H2,1-2H3,(H2,13,15). The van der Waals surface area contributed by atoms with Crippen LogP contribution in [0.5, 0.6) is 0 Å². The van der Waals surface area contributed by atoms with Gasteiger partial charge in [-0.15, -0.1) is 0 Å². The lowest BCUT2D eigenvalue weighted by Crippen LogP contribution is -2.25. The van der Waals surface area contributed by atoms with Crippen LogP contribution in [0.15, 0.2) is 18.2 Å². The van der Waals surface area contributed by atoms with E-state index in [9.17, 15) is 0 Å². The lowest BCUT2D eigenvalue weighted by molar-refractivity contribution is 0.821. The van der Waals surface area contributed by atoms with Gasteiger partial charge in [-0.2, -0.15) is 0 Å². The van der Waals surface area contributed by atoms with Gasteiger partial charge in [0.15, 0.2) is 0 Å². The molecule has 0 aliphatic heterocycles. The zero-order chi connectivity index (χ0) is 11.4. The smallest absolute Gasteiger partial charge is 0.0773 e. The van der Waals surface area contributed by atoms with Gasteiger partial charge in [-0.3, -0.25) is 0 Å². The van der Waals surface area contributed by atoms with E-state index in [2.05, 4.69) is 5.32 Å². The molecule has 1 rings (SSSR count). The van der Waals surface area contributed by atoms with Crippen LogP contribution in [0.25, 0.3) is 0 Å². The van der Waals surface area contributed by atoms with E-state index >= 15 is 0 Å². The van der Waals surface area contributed by atoms with Crippen LogP contribution >= 0.6 is 23.8 Å². The van der Waals surface area contributed by atoms with Crippen molar-refractivity contribution in [1.29, 1.82) is 0 Å². The number of nitrogens with two attached hydrogens (primary N) is 1. The Bertz CT molecular complexity index is 366. The monoisotopic (exact) mass is 242 g/mol. The molecule has 1 aromatic rings. The van der Waals surface area contributed by atoms with Gasteiger partial charge in [0, 0.05) is 23.2 Å². The number of nitrogens with one attached hydrogen (secondary N) is 1. The van der Waals surface area contributed by atoms with Crippen LogP contribution in [0.1, 0.15) is 12.5 Å². The molecule has 0 bridgehead atoms. The minimum Gasteiger partial charge on any atom is -0.393 e. The van der Waals surface area contributed by atoms with Crippen LogP contribution in [0.4, 0.5) is 5.69 Å². The summed E-state index contributed by atoms with van der Waals surface area (Å²) < 4.78 is 0. The average Bonchev–Trinajstić information content (AvgIpc) is 2.19. The first-order valence-corrected chi connectivity index (χ1v) is 5.58. The molecule has 15 heavy (non-hydrogen) atoms. The molecule has 0 fully saturated rings. The molecule has 0 spiro atoms. The summed E-state index contributed by atoms with van der Waals surface area (Å²) in [7, 11) is 0. The van der Waals surface area contributed by atoms with Gasteiger partial charge >= 0.3 is 0 Å². The summed E-state index contributed by atoms with van der Waals surface area (Å²) in [5.74, 6) is 0.181. The fourth-order valence-corrected chi connectivity index (χ4v) is 1.34. The maximum absolute atomic E-state index is 6.00. The second-order valence-electron chi connectivity index (χ2n) is 3.65. The third kappa shape index (κ3) is 3.68. The van der Waals surface area contributed by atoms with Crippen molar-refractivity contribution in [2.45, 2.75) is 13.8 Å². The van der Waals surface area contributed by atoms with Crippen LogP contribution in [0.3, 0.4) is 0 Å². The Hall–Kier alpha value is -0.800. The molecule has 2 nitrogen and oxygen atoms in total. The van der Waals surface area contributed by atoms with E-state index in [1.54, 1.807) is 0 Å². The van der Waals surface area contributed by atoms with Gasteiger partial charge in [-0.25, -0.2) is 0 Å². The largest absolute Gasteiger partial charge is 0.393 e. The molecule has 3 N–H and O–H groups in total. The third-order valence-corrected chi connectivity index (χ3v) is 3.08. The normalized spacial score (nSPS) is 12.2. The summed E-state index contributed by atoms with van der Waals surface area (Å²) >= 11 is 10.9. The highest BCUT2D eigenvalue weighted by molar-refractivity contribution is 7.80. The van der Waals surface area contributed by atoms with Crippen molar-refractivity contribution >= 4 is 34.5 Å². The van der Waals surface area contributed by atoms with E-state index in [1.165, 1.54) is 0 Å². The van der Waals surface area contributed by atoms with E-state index in [0.717, 1.165) is 22.8 Å². The van der Waals surface area contributed by atoms with Crippen molar-refractivity contribution in [1.82, 2.24) is 0 Å². The minimum atomic E-state index is 0.181. The topological polar surface area (TPSA) is 38.0 Å². The zero-order valence-electron chi connectivity index (χ0n) is 8.88. The van der Waals surface area contributed by atoms with Crippen molar-refractivity contribution < 1.29 is 0 Å². The van der Waals surface area contributed by atoms with Crippen molar-refractivity contribution in [2.75, 3.05) is 11.9 Å². The van der Waals surface area contributed by atoms with Crippen LogP contribution < -0.4 is 11.1 Å². The maximum Gasteiger partial charge on any atom is 0.0773 e. The molecule has 0 saturated carbocycles. The average molecular weight is 243 g/mol. The van der Waals surface area contributed by atoms with Crippen molar-refractivity contribution in [3.05, 3.63) is 28.8 Å². The number of halogens is 1. The first-order chi connectivity index (χ1) is 7.00. The summed E-state index contributed by atoms with van der Waals surface area (Å²) in [6, 6.07) is 5.88. The van der Waals surface area contributed by atoms with Gasteiger partial charge in [0.05, 0.1) is 4.99 Å². The molecule has 82 valence electrons. The Morgan fingerprint density at radius 3 is 2.80 bits per heavy atom. The van der Waals surface area contributed by atoms with Gasteiger partial charge < -0.3 is 11.1 Å². The van der Waals surface area contributed by atoms with Gasteiger partial charge in [-0.1, -0.05) is 36.8 Å². The fraction of sp³-hybridized carbons (Fsp3) is 0.364. The summed E-state index contributed by atoms with van der Waals surface area (Å²) in [5.41, 5.74) is 7.59. The summed E-state index contributed by atoms with van der Waals surface area (Å²) in [4.78, 5) is 0.528. The number of thiocarbonyl (C=S) groups is 1. The Labute approximate surface area is 101 Å². The van der Waals surface area contributed by atoms with E-state index in [0.29, 0.717) is 4.99 Å². The Morgan fingerprint density at radius 1 is 1.60 bits per heavy atom. The highest BCUT2D eigenvalue weighted by Crippen LogP contribution is 2.20. The quantitative estimate of drug-likeness (QED) is 0.798. The molecule has 1 atom stereocenters. The van der Waals surface area contributed by atoms with Crippen molar-refractivity contribution in [3.8, 4) is 0 Å². The lowest BCUT2D eigenvalue weighted by atomic mass is 10.1. The lowest BCUT2D eigenvalue weighted by Gasteiger charge is -2.12. The molecule has 4 heteroatoms. The predicted molar refractivity (Wildman–Crippen MR) is 70.6 cm³/mol. The Kier molecular flexibility index (Phi) is 4.36. The number of aryl methyl sites for hydroxylation is 1. The number of benzene rings is 1. The molecule has 1 unspecified atom stereocenters. The molecule has 0 aliphatic carbocycles. The highest BCUT2D eigenvalue weighted by Gasteiger charge is 2.04. The number of hydrogen-bond donors (Lipinski definition) is 2. The third-order valence-electron chi connectivity index (χ3n) is 2.27. The molecule has 0 heterocycles. The van der Waals surface area contributed by atoms with E-state index in [-0.39, 0.29) is 5.92 Å². The molecule has 0 aromatic heterocycles. The predicted octanol–water partition coefficient (Wildman–Crippen LogP) is 2.98. The molecule has 0 aliphatic rings. The number of rotatable bonds is 4. The van der Waals surface area contributed by atoms with Gasteiger partial charge in [0.25, 0.3) is 0 Å². The Balaban J connectivity index is 2.58. The Morgan fingerprint density at radius 2 is 2.27 bits per heavy atom. The molecular weight excluding hydrogens is 228 g/mol. The van der Waals surface area contributed by atoms with Crippen LogP contribution in [0, 0.1) is 12.8 Å². The highest BCUT2D eigenvalue weighted by atomic mass is 35.5. The summed E-state index contributed by atoms with van der Waals surface area (Å²) in [6.45, 7) is 4.70. The minimum absolute atomic E-state index is 0.181. The van der Waals surface area contributed by atoms with E-state index < -0.39 is 0 Å². The van der Waals surface area contributed by atoms with E-state index in [1.807, 2.05) is 32.0 Å². The second-order valence-corrected chi connectivity index (χ2v) is 4.53. The second kappa shape index (κ2) is 5.33. The summed E-state index contributed by atoms with van der Waals surface area (Å²) in [5, 5.41) is 4.01. The van der Waals surface area contributed by atoms with Crippen LogP contribution in [-0.4, -0.2) is 11.5 Å². The zero-order valence-corrected chi connectivity index (χ0v) is 10.5. The molecular formula is C11H15ClN2S. The van der Waals surface area contributed by atoms with Crippen LogP contribution in [0.2, 0.25) is 5.02 Å². The first kappa shape index (κ1) is 12.3. The van der Waals surface area contributed by atoms with Crippen LogP contribution in [-0.2, 0) is 0 Å². The van der Waals surface area contributed by atoms with E-state index in [4.69, 9.17) is 29.6 Å². The fourth-order valence-electron chi connectivity index (χ4n) is 1.07. The summed E-state index contributed by atoms with van der Waals surface area (Å²) in [6.07, 6.45) is 0. The molecule has 0 radical (unpaired) electrons. The number of anilines is 1. The molecule has 1 aromatic carbocycles. The van der Waals surface area contributed by atoms with Crippen molar-refractivity contribution in [3.63, 3.8) is 0 Å². The molecule has 0 saturated heterocycles. The maximum atomic E-state index is 6.00. The van der Waals surface area contributed by atoms with Gasteiger partial charge in [0.2, 0.25) is 0 Å². The SMILES string of the molecule is Cc1ccc(NCC(C)C(N)=S)cc1Cl. The first-order valence-electron chi connectivity index (χ1n) is 4.80. The number of hydrogen-bond acceptors (Lipinski definition) is 2. The van der Waals surface area contributed by atoms with Gasteiger partial charge in [0.1, 0.15) is 0 Å². The van der Waals surface area contributed by atoms with Gasteiger partial charge in [-0.05, 0) is 24.6 Å². The molecule has 0 amide bonds.